The molecular formula is C20H17FN2O3. The third kappa shape index (κ3) is 4.06. The summed E-state index contributed by atoms with van der Waals surface area (Å²) < 4.78 is 18.5. The van der Waals surface area contributed by atoms with Gasteiger partial charge in [-0.1, -0.05) is 6.42 Å². The first-order chi connectivity index (χ1) is 12.6. The van der Waals surface area contributed by atoms with Gasteiger partial charge in [0.1, 0.15) is 17.3 Å². The lowest BCUT2D eigenvalue weighted by molar-refractivity contribution is -0.133. The molecule has 1 N–H and O–H groups in total. The van der Waals surface area contributed by atoms with Crippen LogP contribution in [0.3, 0.4) is 0 Å². The molecule has 1 atom stereocenters. The minimum Gasteiger partial charge on any atom is -0.457 e. The summed E-state index contributed by atoms with van der Waals surface area (Å²) in [5.74, 6) is -1.72. The Balaban J connectivity index is 1.61. The van der Waals surface area contributed by atoms with E-state index in [0.29, 0.717) is 17.2 Å². The van der Waals surface area contributed by atoms with E-state index in [1.807, 2.05) is 0 Å². The third-order valence-corrected chi connectivity index (χ3v) is 4.35. The number of nitriles is 1. The quantitative estimate of drug-likeness (QED) is 0.795. The molecule has 1 aliphatic rings. The topological polar surface area (TPSA) is 79.2 Å². The predicted molar refractivity (Wildman–Crippen MR) is 93.0 cm³/mol. The molecule has 3 rings (SSSR count). The van der Waals surface area contributed by atoms with E-state index in [2.05, 4.69) is 5.32 Å². The van der Waals surface area contributed by atoms with Crippen LogP contribution < -0.4 is 10.1 Å². The number of hydrogen-bond donors (Lipinski definition) is 1. The van der Waals surface area contributed by atoms with Gasteiger partial charge in [-0.25, -0.2) is 4.39 Å². The second-order valence-electron chi connectivity index (χ2n) is 6.16. The molecule has 1 fully saturated rings. The van der Waals surface area contributed by atoms with Crippen LogP contribution in [0.15, 0.2) is 48.5 Å². The number of rotatable bonds is 6. The van der Waals surface area contributed by atoms with Gasteiger partial charge in [-0.15, -0.1) is 0 Å². The molecule has 0 bridgehead atoms. The smallest absolute Gasteiger partial charge is 0.249 e. The van der Waals surface area contributed by atoms with Crippen molar-refractivity contribution < 1.29 is 18.7 Å². The molecule has 0 spiro atoms. The Morgan fingerprint density at radius 3 is 2.15 bits per heavy atom. The highest BCUT2D eigenvalue weighted by Crippen LogP contribution is 2.30. The fourth-order valence-electron chi connectivity index (χ4n) is 2.64. The highest BCUT2D eigenvalue weighted by molar-refractivity contribution is 6.10. The number of carbonyl (C=O) groups excluding carboxylic acids is 2. The maximum atomic E-state index is 12.9. The summed E-state index contributed by atoms with van der Waals surface area (Å²) in [5, 5.41) is 11.8. The van der Waals surface area contributed by atoms with Crippen molar-refractivity contribution in [1.82, 2.24) is 0 Å². The first-order valence-corrected chi connectivity index (χ1v) is 8.34. The Hall–Kier alpha value is -3.20. The largest absolute Gasteiger partial charge is 0.457 e. The SMILES string of the molecule is N#CC(C(=O)Nc1ccc(Oc2ccc(F)cc2)cc1)C(=O)C1CCC1. The Kier molecular flexibility index (Phi) is 5.28. The van der Waals surface area contributed by atoms with Gasteiger partial charge in [-0.3, -0.25) is 9.59 Å². The highest BCUT2D eigenvalue weighted by Gasteiger charge is 2.35. The zero-order chi connectivity index (χ0) is 18.5. The molecule has 0 aliphatic heterocycles. The van der Waals surface area contributed by atoms with Crippen LogP contribution in [0.1, 0.15) is 19.3 Å². The molecule has 132 valence electrons. The maximum absolute atomic E-state index is 12.9. The zero-order valence-electron chi connectivity index (χ0n) is 13.9. The molecule has 5 nitrogen and oxygen atoms in total. The lowest BCUT2D eigenvalue weighted by atomic mass is 9.78. The lowest BCUT2D eigenvalue weighted by Gasteiger charge is -2.25. The van der Waals surface area contributed by atoms with E-state index in [1.54, 1.807) is 30.3 Å². The fraction of sp³-hybridized carbons (Fsp3) is 0.250. The fourth-order valence-corrected chi connectivity index (χ4v) is 2.64. The molecule has 26 heavy (non-hydrogen) atoms. The molecule has 1 unspecified atom stereocenters. The van der Waals surface area contributed by atoms with Crippen LogP contribution in [-0.2, 0) is 9.59 Å². The summed E-state index contributed by atoms with van der Waals surface area (Å²) in [4.78, 5) is 24.4. The van der Waals surface area contributed by atoms with Crippen LogP contribution in [0.5, 0.6) is 11.5 Å². The number of halogens is 1. The van der Waals surface area contributed by atoms with Crippen molar-refractivity contribution >= 4 is 17.4 Å². The van der Waals surface area contributed by atoms with Crippen molar-refractivity contribution in [3.05, 3.63) is 54.3 Å². The average molecular weight is 352 g/mol. The van der Waals surface area contributed by atoms with Gasteiger partial charge in [0, 0.05) is 11.6 Å². The van der Waals surface area contributed by atoms with E-state index >= 15 is 0 Å². The number of Topliss-reactive ketones (excluding diaryl/α,β-unsaturated/α-hetero) is 1. The van der Waals surface area contributed by atoms with E-state index in [4.69, 9.17) is 10.00 Å². The molecule has 0 radical (unpaired) electrons. The van der Waals surface area contributed by atoms with Crippen LogP contribution in [0.25, 0.3) is 0 Å². The number of anilines is 1. The Morgan fingerprint density at radius 1 is 1.08 bits per heavy atom. The van der Waals surface area contributed by atoms with Crippen LogP contribution in [0, 0.1) is 29.0 Å². The number of benzene rings is 2. The average Bonchev–Trinajstić information content (AvgIpc) is 2.58. The molecule has 2 aromatic carbocycles. The van der Waals surface area contributed by atoms with Crippen molar-refractivity contribution in [2.24, 2.45) is 11.8 Å². The van der Waals surface area contributed by atoms with E-state index in [9.17, 15) is 14.0 Å². The van der Waals surface area contributed by atoms with E-state index in [-0.39, 0.29) is 17.5 Å². The number of ketones is 1. The third-order valence-electron chi connectivity index (χ3n) is 4.35. The molecule has 1 saturated carbocycles. The van der Waals surface area contributed by atoms with E-state index in [0.717, 1.165) is 19.3 Å². The summed E-state index contributed by atoms with van der Waals surface area (Å²) in [6.45, 7) is 0. The Morgan fingerprint density at radius 2 is 1.65 bits per heavy atom. The zero-order valence-corrected chi connectivity index (χ0v) is 13.9. The Labute approximate surface area is 150 Å². The van der Waals surface area contributed by atoms with Crippen LogP contribution in [-0.4, -0.2) is 11.7 Å². The van der Waals surface area contributed by atoms with Crippen molar-refractivity contribution in [2.45, 2.75) is 19.3 Å². The van der Waals surface area contributed by atoms with Crippen molar-refractivity contribution in [2.75, 3.05) is 5.32 Å². The van der Waals surface area contributed by atoms with Gasteiger partial charge in [0.2, 0.25) is 5.91 Å². The van der Waals surface area contributed by atoms with Gasteiger partial charge >= 0.3 is 0 Å². The molecule has 6 heteroatoms. The summed E-state index contributed by atoms with van der Waals surface area (Å²) >= 11 is 0. The van der Waals surface area contributed by atoms with Gasteiger partial charge in [0.25, 0.3) is 0 Å². The van der Waals surface area contributed by atoms with E-state index in [1.165, 1.54) is 24.3 Å². The number of nitrogens with zero attached hydrogens (tertiary/aromatic N) is 1. The minimum absolute atomic E-state index is 0.170. The van der Waals surface area contributed by atoms with Gasteiger partial charge in [0.15, 0.2) is 11.7 Å². The number of amides is 1. The van der Waals surface area contributed by atoms with Crippen molar-refractivity contribution in [3.8, 4) is 17.6 Å². The normalized spacial score (nSPS) is 14.6. The summed E-state index contributed by atoms with van der Waals surface area (Å²) in [7, 11) is 0. The summed E-state index contributed by atoms with van der Waals surface area (Å²) in [6.07, 6.45) is 2.46. The maximum Gasteiger partial charge on any atom is 0.249 e. The van der Waals surface area contributed by atoms with Crippen molar-refractivity contribution in [1.29, 1.82) is 5.26 Å². The van der Waals surface area contributed by atoms with Crippen LogP contribution in [0.2, 0.25) is 0 Å². The minimum atomic E-state index is -1.28. The summed E-state index contributed by atoms with van der Waals surface area (Å²) in [5.41, 5.74) is 0.461. The molecular weight excluding hydrogens is 335 g/mol. The number of hydrogen-bond acceptors (Lipinski definition) is 4. The van der Waals surface area contributed by atoms with Gasteiger partial charge < -0.3 is 10.1 Å². The highest BCUT2D eigenvalue weighted by atomic mass is 19.1. The van der Waals surface area contributed by atoms with Gasteiger partial charge in [0.05, 0.1) is 6.07 Å². The van der Waals surface area contributed by atoms with Gasteiger partial charge in [-0.2, -0.15) is 5.26 Å². The monoisotopic (exact) mass is 352 g/mol. The second kappa shape index (κ2) is 7.79. The first-order valence-electron chi connectivity index (χ1n) is 8.34. The molecule has 1 amide bonds. The number of carbonyl (C=O) groups is 2. The summed E-state index contributed by atoms with van der Waals surface area (Å²) in [6, 6.07) is 13.9. The van der Waals surface area contributed by atoms with Crippen molar-refractivity contribution in [3.63, 3.8) is 0 Å². The number of nitrogens with one attached hydrogen (secondary N) is 1. The molecule has 2 aromatic rings. The molecule has 0 aromatic heterocycles. The van der Waals surface area contributed by atoms with Gasteiger partial charge in [-0.05, 0) is 61.4 Å². The molecule has 1 aliphatic carbocycles. The lowest BCUT2D eigenvalue weighted by Crippen LogP contribution is -2.35. The molecule has 0 saturated heterocycles. The standard InChI is InChI=1S/C20H17FN2O3/c21-14-4-8-16(9-5-14)26-17-10-6-15(7-11-17)23-20(25)18(12-22)19(24)13-2-1-3-13/h4-11,13,18H,1-3H2,(H,23,25). The van der Waals surface area contributed by atoms with Crippen LogP contribution >= 0.6 is 0 Å². The second-order valence-corrected chi connectivity index (χ2v) is 6.16. The first kappa shape index (κ1) is 17.6. The van der Waals surface area contributed by atoms with Crippen LogP contribution in [0.4, 0.5) is 10.1 Å². The Bertz CT molecular complexity index is 837. The number of ether oxygens (including phenoxy) is 1. The predicted octanol–water partition coefficient (Wildman–Crippen LogP) is 4.07. The van der Waals surface area contributed by atoms with E-state index < -0.39 is 11.8 Å². The molecule has 0 heterocycles.